The van der Waals surface area contributed by atoms with Gasteiger partial charge in [0, 0.05) is 12.8 Å². The lowest BCUT2D eigenvalue weighted by atomic mass is 10.00. The number of carbonyl (C=O) groups excluding carboxylic acids is 2. The van der Waals surface area contributed by atoms with Crippen molar-refractivity contribution in [3.63, 3.8) is 0 Å². The maximum atomic E-state index is 12.6. The van der Waals surface area contributed by atoms with Crippen molar-refractivity contribution >= 4 is 22.1 Å². The molecule has 0 aromatic carbocycles. The molecule has 1 saturated heterocycles. The standard InChI is InChI=1S/C37H70O12S/c1-3-5-7-9-11-13-14-15-16-17-18-20-21-23-25-32(38)46-27-30(48-33(39)26-24-22-19-12-10-8-6-4-2)28-47-37-36(42)35(41)34(40)31(49-37)29-50(43,44)45/h30-31,34-37,40-42H,3-29H2,1-2H3,(H,43,44,45)/t30-,31+,34+,35?,36?,37-/m1/s1. The van der Waals surface area contributed by atoms with Crippen LogP contribution in [0.4, 0.5) is 0 Å². The van der Waals surface area contributed by atoms with Crippen LogP contribution in [-0.4, -0.2) is 96.0 Å². The number of hydrogen-bond donors (Lipinski definition) is 4. The van der Waals surface area contributed by atoms with Gasteiger partial charge in [-0.05, 0) is 12.8 Å². The zero-order valence-electron chi connectivity index (χ0n) is 31.0. The van der Waals surface area contributed by atoms with E-state index in [9.17, 15) is 37.9 Å². The fourth-order valence-corrected chi connectivity index (χ4v) is 6.78. The summed E-state index contributed by atoms with van der Waals surface area (Å²) < 4.78 is 53.7. The molecule has 0 aromatic rings. The number of unbranched alkanes of at least 4 members (excludes halogenated alkanes) is 20. The Morgan fingerprint density at radius 1 is 0.600 bits per heavy atom. The van der Waals surface area contributed by atoms with Crippen molar-refractivity contribution in [1.29, 1.82) is 0 Å². The molecule has 6 atom stereocenters. The molecule has 1 aliphatic heterocycles. The predicted octanol–water partition coefficient (Wildman–Crippen LogP) is 6.56. The molecule has 2 unspecified atom stereocenters. The monoisotopic (exact) mass is 738 g/mol. The Kier molecular flexibility index (Phi) is 27.2. The number of carbonyl (C=O) groups is 2. The van der Waals surface area contributed by atoms with Crippen molar-refractivity contribution in [2.45, 2.75) is 205 Å². The van der Waals surface area contributed by atoms with Crippen molar-refractivity contribution in [1.82, 2.24) is 0 Å². The van der Waals surface area contributed by atoms with Crippen LogP contribution < -0.4 is 0 Å². The van der Waals surface area contributed by atoms with Crippen LogP contribution in [0, 0.1) is 0 Å². The molecular weight excluding hydrogens is 668 g/mol. The molecule has 0 aliphatic carbocycles. The van der Waals surface area contributed by atoms with Gasteiger partial charge in [0.25, 0.3) is 10.1 Å². The summed E-state index contributed by atoms with van der Waals surface area (Å²) in [6.07, 6.45) is 16.1. The first-order valence-corrected chi connectivity index (χ1v) is 21.2. The Labute approximate surface area is 302 Å². The Morgan fingerprint density at radius 3 is 1.46 bits per heavy atom. The van der Waals surface area contributed by atoms with Gasteiger partial charge < -0.3 is 34.3 Å². The van der Waals surface area contributed by atoms with Gasteiger partial charge in [-0.15, -0.1) is 0 Å². The number of esters is 2. The van der Waals surface area contributed by atoms with Crippen LogP contribution in [0.2, 0.25) is 0 Å². The first kappa shape index (κ1) is 46.7. The van der Waals surface area contributed by atoms with Crippen molar-refractivity contribution < 1.29 is 56.8 Å². The molecule has 1 fully saturated rings. The summed E-state index contributed by atoms with van der Waals surface area (Å²) in [5.74, 6) is -1.97. The van der Waals surface area contributed by atoms with Crippen LogP contribution in [0.1, 0.15) is 168 Å². The van der Waals surface area contributed by atoms with E-state index in [2.05, 4.69) is 13.8 Å². The maximum Gasteiger partial charge on any atom is 0.306 e. The lowest BCUT2D eigenvalue weighted by Gasteiger charge is -2.40. The molecule has 0 radical (unpaired) electrons. The number of ether oxygens (including phenoxy) is 4. The summed E-state index contributed by atoms with van der Waals surface area (Å²) in [6.45, 7) is 3.70. The van der Waals surface area contributed by atoms with Crippen molar-refractivity contribution in [3.05, 3.63) is 0 Å². The second kappa shape index (κ2) is 29.1. The van der Waals surface area contributed by atoms with E-state index in [0.29, 0.717) is 12.8 Å². The third-order valence-electron chi connectivity index (χ3n) is 9.19. The van der Waals surface area contributed by atoms with E-state index in [1.54, 1.807) is 0 Å². The largest absolute Gasteiger partial charge is 0.462 e. The number of hydrogen-bond acceptors (Lipinski definition) is 11. The number of aliphatic hydroxyl groups excluding tert-OH is 3. The Morgan fingerprint density at radius 2 is 1.02 bits per heavy atom. The number of aliphatic hydroxyl groups is 3. The first-order chi connectivity index (χ1) is 24.0. The summed E-state index contributed by atoms with van der Waals surface area (Å²) in [4.78, 5) is 25.1. The van der Waals surface area contributed by atoms with E-state index in [-0.39, 0.29) is 19.4 Å². The van der Waals surface area contributed by atoms with Gasteiger partial charge in [0.1, 0.15) is 36.8 Å². The van der Waals surface area contributed by atoms with Crippen molar-refractivity contribution in [3.8, 4) is 0 Å². The summed E-state index contributed by atoms with van der Waals surface area (Å²) >= 11 is 0. The Bertz CT molecular complexity index is 962. The fourth-order valence-electron chi connectivity index (χ4n) is 6.09. The van der Waals surface area contributed by atoms with E-state index in [4.69, 9.17) is 18.9 Å². The van der Waals surface area contributed by atoms with Crippen LogP contribution in [0.5, 0.6) is 0 Å². The molecule has 0 aromatic heterocycles. The topological polar surface area (TPSA) is 186 Å². The molecule has 0 bridgehead atoms. The highest BCUT2D eigenvalue weighted by molar-refractivity contribution is 7.85. The van der Waals surface area contributed by atoms with Crippen LogP contribution in [0.3, 0.4) is 0 Å². The van der Waals surface area contributed by atoms with Gasteiger partial charge in [-0.3, -0.25) is 14.1 Å². The Hall–Kier alpha value is -1.35. The average molecular weight is 739 g/mol. The zero-order chi connectivity index (χ0) is 37.0. The predicted molar refractivity (Wildman–Crippen MR) is 192 cm³/mol. The summed E-state index contributed by atoms with van der Waals surface area (Å²) in [5.41, 5.74) is 0. The lowest BCUT2D eigenvalue weighted by molar-refractivity contribution is -0.297. The van der Waals surface area contributed by atoms with Gasteiger partial charge in [0.15, 0.2) is 12.4 Å². The van der Waals surface area contributed by atoms with Crippen LogP contribution in [-0.2, 0) is 38.7 Å². The highest BCUT2D eigenvalue weighted by Crippen LogP contribution is 2.24. The molecule has 13 heteroatoms. The molecule has 1 rings (SSSR count). The summed E-state index contributed by atoms with van der Waals surface area (Å²) in [5, 5.41) is 30.7. The van der Waals surface area contributed by atoms with Crippen LogP contribution >= 0.6 is 0 Å². The molecule has 4 N–H and O–H groups in total. The fraction of sp³-hybridized carbons (Fsp3) is 0.946. The summed E-state index contributed by atoms with van der Waals surface area (Å²) in [7, 11) is -4.59. The minimum Gasteiger partial charge on any atom is -0.462 e. The van der Waals surface area contributed by atoms with E-state index >= 15 is 0 Å². The molecule has 0 spiro atoms. The molecule has 1 aliphatic rings. The van der Waals surface area contributed by atoms with E-state index in [1.165, 1.54) is 89.9 Å². The van der Waals surface area contributed by atoms with E-state index < -0.39 is 71.2 Å². The van der Waals surface area contributed by atoms with Crippen LogP contribution in [0.25, 0.3) is 0 Å². The normalized spacial score (nSPS) is 21.6. The third kappa shape index (κ3) is 24.0. The molecule has 296 valence electrons. The van der Waals surface area contributed by atoms with Gasteiger partial charge in [0.2, 0.25) is 0 Å². The van der Waals surface area contributed by atoms with Gasteiger partial charge in [-0.1, -0.05) is 142 Å². The van der Waals surface area contributed by atoms with Crippen molar-refractivity contribution in [2.24, 2.45) is 0 Å². The molecule has 1 heterocycles. The molecule has 0 saturated carbocycles. The lowest BCUT2D eigenvalue weighted by Crippen LogP contribution is -2.60. The van der Waals surface area contributed by atoms with E-state index in [1.807, 2.05) is 0 Å². The second-order valence-electron chi connectivity index (χ2n) is 14.0. The van der Waals surface area contributed by atoms with E-state index in [0.717, 1.165) is 38.5 Å². The molecule has 0 amide bonds. The molecule has 50 heavy (non-hydrogen) atoms. The molecular formula is C37H70O12S. The zero-order valence-corrected chi connectivity index (χ0v) is 31.8. The first-order valence-electron chi connectivity index (χ1n) is 19.6. The maximum absolute atomic E-state index is 12.6. The van der Waals surface area contributed by atoms with Crippen LogP contribution in [0.15, 0.2) is 0 Å². The van der Waals surface area contributed by atoms with Gasteiger partial charge in [0.05, 0.1) is 6.61 Å². The average Bonchev–Trinajstić information content (AvgIpc) is 3.07. The Balaban J connectivity index is 2.48. The minimum atomic E-state index is -4.59. The third-order valence-corrected chi connectivity index (χ3v) is 9.94. The highest BCUT2D eigenvalue weighted by atomic mass is 32.2. The smallest absolute Gasteiger partial charge is 0.306 e. The minimum absolute atomic E-state index is 0.169. The van der Waals surface area contributed by atoms with Gasteiger partial charge in [-0.25, -0.2) is 0 Å². The quantitative estimate of drug-likeness (QED) is 0.0332. The van der Waals surface area contributed by atoms with Gasteiger partial charge >= 0.3 is 11.9 Å². The second-order valence-corrected chi connectivity index (χ2v) is 15.5. The van der Waals surface area contributed by atoms with Crippen molar-refractivity contribution in [2.75, 3.05) is 19.0 Å². The highest BCUT2D eigenvalue weighted by Gasteiger charge is 2.46. The SMILES string of the molecule is CCCCCCCCCCCCCCCCC(=O)OC[C@H](CO[C@@H]1O[C@@H](CS(=O)(=O)O)[C@H](O)C(O)C1O)OC(=O)CCCCCCCCCC. The molecule has 12 nitrogen and oxygen atoms in total. The number of rotatable bonds is 32. The summed E-state index contributed by atoms with van der Waals surface area (Å²) in [6, 6.07) is 0. The van der Waals surface area contributed by atoms with Gasteiger partial charge in [-0.2, -0.15) is 8.42 Å².